The first-order valence-electron chi connectivity index (χ1n) is 6.16. The molecule has 0 fully saturated rings. The van der Waals surface area contributed by atoms with Gasteiger partial charge in [-0.05, 0) is 5.56 Å². The number of benzene rings is 1. The summed E-state index contributed by atoms with van der Waals surface area (Å²) in [5, 5.41) is 2.47. The standard InChI is InChI=1S/C14H14N2O5/c1-19-13(17)11-9-20-12(16-11)7-15-14(18)21-8-10-5-3-2-4-6-10/h2-6,9H,7-8H2,1H3,(H,15,18). The highest BCUT2D eigenvalue weighted by Gasteiger charge is 2.13. The van der Waals surface area contributed by atoms with E-state index in [2.05, 4.69) is 15.0 Å². The maximum Gasteiger partial charge on any atom is 0.407 e. The van der Waals surface area contributed by atoms with Crippen LogP contribution in [-0.4, -0.2) is 24.2 Å². The summed E-state index contributed by atoms with van der Waals surface area (Å²) in [6, 6.07) is 9.30. The number of rotatable bonds is 5. The lowest BCUT2D eigenvalue weighted by atomic mass is 10.2. The van der Waals surface area contributed by atoms with Crippen molar-refractivity contribution in [1.82, 2.24) is 10.3 Å². The third-order valence-electron chi connectivity index (χ3n) is 2.54. The van der Waals surface area contributed by atoms with E-state index < -0.39 is 12.1 Å². The lowest BCUT2D eigenvalue weighted by Gasteiger charge is -2.05. The minimum atomic E-state index is -0.600. The number of alkyl carbamates (subject to hydrolysis) is 1. The van der Waals surface area contributed by atoms with Crippen LogP contribution in [0, 0.1) is 0 Å². The van der Waals surface area contributed by atoms with Crippen molar-refractivity contribution in [1.29, 1.82) is 0 Å². The van der Waals surface area contributed by atoms with E-state index in [4.69, 9.17) is 9.15 Å². The molecule has 0 unspecified atom stereocenters. The molecular formula is C14H14N2O5. The van der Waals surface area contributed by atoms with Crippen LogP contribution in [0.2, 0.25) is 0 Å². The maximum atomic E-state index is 11.5. The van der Waals surface area contributed by atoms with Gasteiger partial charge in [0.15, 0.2) is 5.69 Å². The van der Waals surface area contributed by atoms with E-state index in [9.17, 15) is 9.59 Å². The Labute approximate surface area is 120 Å². The number of esters is 1. The average Bonchev–Trinajstić information content (AvgIpc) is 3.00. The molecule has 0 aliphatic rings. The van der Waals surface area contributed by atoms with Crippen molar-refractivity contribution in [2.24, 2.45) is 0 Å². The Morgan fingerprint density at radius 1 is 1.29 bits per heavy atom. The van der Waals surface area contributed by atoms with Gasteiger partial charge in [0.1, 0.15) is 12.9 Å². The Kier molecular flexibility index (Phi) is 4.92. The second-order valence-electron chi connectivity index (χ2n) is 4.03. The molecule has 0 spiro atoms. The number of carbonyl (C=O) groups excluding carboxylic acids is 2. The quantitative estimate of drug-likeness (QED) is 0.845. The van der Waals surface area contributed by atoms with Gasteiger partial charge in [-0.25, -0.2) is 14.6 Å². The normalized spacial score (nSPS) is 9.95. The zero-order chi connectivity index (χ0) is 15.1. The van der Waals surface area contributed by atoms with Gasteiger partial charge < -0.3 is 19.2 Å². The van der Waals surface area contributed by atoms with Crippen molar-refractivity contribution in [3.63, 3.8) is 0 Å². The molecule has 0 saturated heterocycles. The van der Waals surface area contributed by atoms with Gasteiger partial charge in [-0.1, -0.05) is 30.3 Å². The Morgan fingerprint density at radius 2 is 2.05 bits per heavy atom. The van der Waals surface area contributed by atoms with Gasteiger partial charge in [-0.2, -0.15) is 0 Å². The predicted octanol–water partition coefficient (Wildman–Crippen LogP) is 1.89. The lowest BCUT2D eigenvalue weighted by molar-refractivity contribution is 0.0594. The number of carbonyl (C=O) groups is 2. The molecule has 0 bridgehead atoms. The molecule has 7 nitrogen and oxygen atoms in total. The summed E-state index contributed by atoms with van der Waals surface area (Å²) in [5.74, 6) is -0.413. The number of aromatic nitrogens is 1. The molecule has 2 aromatic rings. The van der Waals surface area contributed by atoms with Crippen LogP contribution in [0.25, 0.3) is 0 Å². The summed E-state index contributed by atoms with van der Waals surface area (Å²) < 4.78 is 14.5. The number of amides is 1. The van der Waals surface area contributed by atoms with Crippen molar-refractivity contribution in [3.05, 3.63) is 53.7 Å². The maximum absolute atomic E-state index is 11.5. The fourth-order valence-corrected chi connectivity index (χ4v) is 1.51. The second kappa shape index (κ2) is 7.09. The van der Waals surface area contributed by atoms with Gasteiger partial charge in [-0.15, -0.1) is 0 Å². The molecule has 1 heterocycles. The zero-order valence-electron chi connectivity index (χ0n) is 11.4. The summed E-state index contributed by atoms with van der Waals surface area (Å²) >= 11 is 0. The summed E-state index contributed by atoms with van der Waals surface area (Å²) in [4.78, 5) is 26.5. The highest BCUT2D eigenvalue weighted by Crippen LogP contribution is 2.04. The topological polar surface area (TPSA) is 90.7 Å². The molecule has 110 valence electrons. The Hall–Kier alpha value is -2.83. The molecule has 0 radical (unpaired) electrons. The predicted molar refractivity (Wildman–Crippen MR) is 71.3 cm³/mol. The molecule has 0 aliphatic heterocycles. The third kappa shape index (κ3) is 4.34. The number of hydrogen-bond donors (Lipinski definition) is 1. The monoisotopic (exact) mass is 290 g/mol. The fraction of sp³-hybridized carbons (Fsp3) is 0.214. The first kappa shape index (κ1) is 14.6. The van der Waals surface area contributed by atoms with E-state index in [1.54, 1.807) is 0 Å². The van der Waals surface area contributed by atoms with Crippen molar-refractivity contribution < 1.29 is 23.5 Å². The molecule has 21 heavy (non-hydrogen) atoms. The molecule has 0 atom stereocenters. The number of ether oxygens (including phenoxy) is 2. The first-order valence-corrected chi connectivity index (χ1v) is 6.16. The van der Waals surface area contributed by atoms with Crippen LogP contribution < -0.4 is 5.32 Å². The molecular weight excluding hydrogens is 276 g/mol. The summed E-state index contributed by atoms with van der Waals surface area (Å²) in [6.07, 6.45) is 0.565. The van der Waals surface area contributed by atoms with Crippen LogP contribution in [0.4, 0.5) is 4.79 Å². The molecule has 1 amide bonds. The highest BCUT2D eigenvalue weighted by molar-refractivity contribution is 5.86. The van der Waals surface area contributed by atoms with Crippen molar-refractivity contribution >= 4 is 12.1 Å². The van der Waals surface area contributed by atoms with Crippen LogP contribution in [0.5, 0.6) is 0 Å². The summed E-state index contributed by atoms with van der Waals surface area (Å²) in [7, 11) is 1.25. The summed E-state index contributed by atoms with van der Waals surface area (Å²) in [6.45, 7) is 0.191. The SMILES string of the molecule is COC(=O)c1coc(CNC(=O)OCc2ccccc2)n1. The van der Waals surface area contributed by atoms with Gasteiger partial charge in [-0.3, -0.25) is 0 Å². The number of nitrogens with one attached hydrogen (secondary N) is 1. The lowest BCUT2D eigenvalue weighted by Crippen LogP contribution is -2.23. The first-order chi connectivity index (χ1) is 10.2. The van der Waals surface area contributed by atoms with Gasteiger partial charge in [0.05, 0.1) is 13.7 Å². The van der Waals surface area contributed by atoms with E-state index in [0.29, 0.717) is 0 Å². The molecule has 0 saturated carbocycles. The van der Waals surface area contributed by atoms with Crippen LogP contribution in [0.15, 0.2) is 41.0 Å². The number of nitrogens with zero attached hydrogens (tertiary/aromatic N) is 1. The molecule has 0 aliphatic carbocycles. The van der Waals surface area contributed by atoms with E-state index in [1.165, 1.54) is 7.11 Å². The minimum absolute atomic E-state index is 0.0185. The number of oxazole rings is 1. The molecule has 1 aromatic heterocycles. The Morgan fingerprint density at radius 3 is 2.76 bits per heavy atom. The van der Waals surface area contributed by atoms with Crippen molar-refractivity contribution in [3.8, 4) is 0 Å². The summed E-state index contributed by atoms with van der Waals surface area (Å²) in [5.41, 5.74) is 0.934. The van der Waals surface area contributed by atoms with E-state index in [-0.39, 0.29) is 24.7 Å². The van der Waals surface area contributed by atoms with E-state index in [0.717, 1.165) is 11.8 Å². The molecule has 1 N–H and O–H groups in total. The smallest absolute Gasteiger partial charge is 0.407 e. The largest absolute Gasteiger partial charge is 0.464 e. The van der Waals surface area contributed by atoms with Crippen LogP contribution in [-0.2, 0) is 22.6 Å². The van der Waals surface area contributed by atoms with Crippen LogP contribution >= 0.6 is 0 Å². The minimum Gasteiger partial charge on any atom is -0.464 e. The van der Waals surface area contributed by atoms with Crippen molar-refractivity contribution in [2.45, 2.75) is 13.2 Å². The molecule has 1 aromatic carbocycles. The van der Waals surface area contributed by atoms with Gasteiger partial charge in [0, 0.05) is 0 Å². The van der Waals surface area contributed by atoms with Crippen LogP contribution in [0.3, 0.4) is 0 Å². The van der Waals surface area contributed by atoms with E-state index in [1.807, 2.05) is 30.3 Å². The van der Waals surface area contributed by atoms with Gasteiger partial charge >= 0.3 is 12.1 Å². The number of hydrogen-bond acceptors (Lipinski definition) is 6. The average molecular weight is 290 g/mol. The zero-order valence-corrected chi connectivity index (χ0v) is 11.4. The Balaban J connectivity index is 1.76. The van der Waals surface area contributed by atoms with Crippen molar-refractivity contribution in [2.75, 3.05) is 7.11 Å². The molecule has 7 heteroatoms. The molecule has 2 rings (SSSR count). The Bertz CT molecular complexity index is 609. The number of methoxy groups -OCH3 is 1. The highest BCUT2D eigenvalue weighted by atomic mass is 16.5. The second-order valence-corrected chi connectivity index (χ2v) is 4.03. The van der Waals surface area contributed by atoms with Gasteiger partial charge in [0.25, 0.3) is 0 Å². The van der Waals surface area contributed by atoms with Crippen LogP contribution in [0.1, 0.15) is 21.9 Å². The van der Waals surface area contributed by atoms with E-state index >= 15 is 0 Å². The fourth-order valence-electron chi connectivity index (χ4n) is 1.51. The third-order valence-corrected chi connectivity index (χ3v) is 2.54. The van der Waals surface area contributed by atoms with Gasteiger partial charge in [0.2, 0.25) is 5.89 Å².